The summed E-state index contributed by atoms with van der Waals surface area (Å²) < 4.78 is 1.97. The number of amides is 1. The maximum atomic E-state index is 12.2. The summed E-state index contributed by atoms with van der Waals surface area (Å²) in [5.74, 6) is -1.48. The first kappa shape index (κ1) is 17.7. The second-order valence-corrected chi connectivity index (χ2v) is 5.78. The van der Waals surface area contributed by atoms with Gasteiger partial charge in [-0.25, -0.2) is 0 Å². The Balaban J connectivity index is 2.02. The molecule has 4 N–H and O–H groups in total. The molecule has 1 aromatic carbocycles. The number of carboxylic acid groups (broad SMARTS) is 1. The highest BCUT2D eigenvalue weighted by atomic mass is 16.4. The third-order valence-corrected chi connectivity index (χ3v) is 3.92. The van der Waals surface area contributed by atoms with Crippen molar-refractivity contribution >= 4 is 29.1 Å². The number of nitrogens with zero attached hydrogens (tertiary/aromatic N) is 1. The highest BCUT2D eigenvalue weighted by molar-refractivity contribution is 5.87. The fourth-order valence-electron chi connectivity index (χ4n) is 2.66. The fraction of sp³-hybridized carbons (Fsp3) is 0.353. The number of hydrogen-bond acceptors (Lipinski definition) is 4. The van der Waals surface area contributed by atoms with Gasteiger partial charge in [-0.3, -0.25) is 9.59 Å². The van der Waals surface area contributed by atoms with Crippen molar-refractivity contribution in [2.24, 2.45) is 12.8 Å². The number of fused-ring (bicyclic) bond motifs is 1. The summed E-state index contributed by atoms with van der Waals surface area (Å²) in [6, 6.07) is 6.16. The van der Waals surface area contributed by atoms with Crippen LogP contribution in [0.5, 0.6) is 0 Å². The summed E-state index contributed by atoms with van der Waals surface area (Å²) in [6.45, 7) is 0. The summed E-state index contributed by atoms with van der Waals surface area (Å²) in [7, 11) is 1.92. The summed E-state index contributed by atoms with van der Waals surface area (Å²) in [5.41, 5.74) is 7.95. The minimum atomic E-state index is -1.02. The van der Waals surface area contributed by atoms with Crippen LogP contribution >= 0.6 is 0 Å². The zero-order valence-electron chi connectivity index (χ0n) is 13.4. The van der Waals surface area contributed by atoms with Crippen molar-refractivity contribution in [3.05, 3.63) is 36.0 Å². The normalized spacial score (nSPS) is 13.4. The van der Waals surface area contributed by atoms with E-state index in [4.69, 9.17) is 10.8 Å². The molecular weight excluding hydrogens is 310 g/mol. The Labute approximate surface area is 139 Å². The molecule has 0 aliphatic heterocycles. The van der Waals surface area contributed by atoms with Gasteiger partial charge >= 0.3 is 5.97 Å². The molecule has 7 nitrogen and oxygen atoms in total. The lowest BCUT2D eigenvalue weighted by atomic mass is 10.0. The van der Waals surface area contributed by atoms with Crippen molar-refractivity contribution in [1.82, 2.24) is 9.88 Å². The molecule has 7 heteroatoms. The smallest absolute Gasteiger partial charge is 0.303 e. The lowest BCUT2D eigenvalue weighted by molar-refractivity contribution is -0.137. The number of nitrogens with two attached hydrogens (primary N) is 1. The first-order valence-electron chi connectivity index (χ1n) is 7.68. The molecule has 1 aromatic heterocycles. The number of aryl methyl sites for hydroxylation is 1. The number of aromatic nitrogens is 1. The molecule has 0 saturated heterocycles. The minimum absolute atomic E-state index is 0.0472. The third kappa shape index (κ3) is 4.20. The van der Waals surface area contributed by atoms with Gasteiger partial charge in [-0.1, -0.05) is 18.2 Å². The van der Waals surface area contributed by atoms with Gasteiger partial charge in [-0.05, 0) is 24.5 Å². The highest BCUT2D eigenvalue weighted by Gasteiger charge is 2.20. The molecule has 0 spiro atoms. The Morgan fingerprint density at radius 2 is 2.08 bits per heavy atom. The predicted molar refractivity (Wildman–Crippen MR) is 89.5 cm³/mol. The molecule has 0 aliphatic carbocycles. The van der Waals surface area contributed by atoms with Crippen LogP contribution in [0.4, 0.5) is 0 Å². The molecule has 0 aliphatic rings. The number of rotatable bonds is 8. The van der Waals surface area contributed by atoms with Gasteiger partial charge in [0, 0.05) is 30.6 Å². The molecule has 1 heterocycles. The van der Waals surface area contributed by atoms with Gasteiger partial charge in [0.1, 0.15) is 6.29 Å². The Bertz CT molecular complexity index is 753. The van der Waals surface area contributed by atoms with E-state index in [0.29, 0.717) is 12.7 Å². The number of benzene rings is 1. The van der Waals surface area contributed by atoms with Crippen LogP contribution < -0.4 is 11.1 Å². The van der Waals surface area contributed by atoms with Crippen LogP contribution in [0.3, 0.4) is 0 Å². The molecule has 128 valence electrons. The molecule has 0 bridgehead atoms. The van der Waals surface area contributed by atoms with Gasteiger partial charge in [0.2, 0.25) is 5.91 Å². The largest absolute Gasteiger partial charge is 0.481 e. The van der Waals surface area contributed by atoms with E-state index in [1.807, 2.05) is 42.1 Å². The first-order chi connectivity index (χ1) is 11.4. The Hall–Kier alpha value is -2.67. The second kappa shape index (κ2) is 7.74. The number of aldehydes is 1. The zero-order valence-corrected chi connectivity index (χ0v) is 13.4. The van der Waals surface area contributed by atoms with Gasteiger partial charge in [0.15, 0.2) is 0 Å². The molecule has 2 atom stereocenters. The zero-order chi connectivity index (χ0) is 17.7. The molecule has 0 fully saturated rings. The van der Waals surface area contributed by atoms with E-state index in [2.05, 4.69) is 5.32 Å². The summed E-state index contributed by atoms with van der Waals surface area (Å²) in [4.78, 5) is 33.7. The van der Waals surface area contributed by atoms with Crippen LogP contribution in [-0.4, -0.2) is 39.9 Å². The monoisotopic (exact) mass is 331 g/mol. The van der Waals surface area contributed by atoms with E-state index in [9.17, 15) is 14.4 Å². The number of carbonyl (C=O) groups excluding carboxylic acids is 2. The standard InChI is InChI=1S/C17H21N3O4/c1-20-9-11(13-4-2-3-5-15(13)20)8-14(18)17(24)19-12(10-21)6-7-16(22)23/h2-5,9-10,12,14H,6-8,18H2,1H3,(H,19,24)(H,22,23)/t12-,14-/m0/s1. The molecule has 0 radical (unpaired) electrons. The number of carboxylic acids is 1. The maximum absolute atomic E-state index is 12.2. The number of hydrogen-bond donors (Lipinski definition) is 3. The van der Waals surface area contributed by atoms with Crippen LogP contribution in [0.1, 0.15) is 18.4 Å². The summed E-state index contributed by atoms with van der Waals surface area (Å²) in [6.07, 6.45) is 2.65. The fourth-order valence-corrected chi connectivity index (χ4v) is 2.66. The Morgan fingerprint density at radius 3 is 2.75 bits per heavy atom. The van der Waals surface area contributed by atoms with Crippen molar-refractivity contribution in [2.45, 2.75) is 31.3 Å². The molecule has 1 amide bonds. The van der Waals surface area contributed by atoms with Gasteiger partial charge in [-0.2, -0.15) is 0 Å². The number of aliphatic carboxylic acids is 1. The molecule has 2 rings (SSSR count). The molecular formula is C17H21N3O4. The van der Waals surface area contributed by atoms with E-state index in [0.717, 1.165) is 16.5 Å². The van der Waals surface area contributed by atoms with E-state index >= 15 is 0 Å². The summed E-state index contributed by atoms with van der Waals surface area (Å²) >= 11 is 0. The van der Waals surface area contributed by atoms with Crippen molar-refractivity contribution in [2.75, 3.05) is 0 Å². The predicted octanol–water partition coefficient (Wildman–Crippen LogP) is 0.597. The van der Waals surface area contributed by atoms with Crippen LogP contribution in [0.2, 0.25) is 0 Å². The molecule has 0 saturated carbocycles. The van der Waals surface area contributed by atoms with E-state index in [1.165, 1.54) is 0 Å². The topological polar surface area (TPSA) is 114 Å². The Kier molecular flexibility index (Phi) is 5.70. The van der Waals surface area contributed by atoms with Gasteiger partial charge in [0.05, 0.1) is 12.1 Å². The van der Waals surface area contributed by atoms with Crippen LogP contribution in [-0.2, 0) is 27.9 Å². The lowest BCUT2D eigenvalue weighted by Gasteiger charge is -2.16. The quantitative estimate of drug-likeness (QED) is 0.613. The lowest BCUT2D eigenvalue weighted by Crippen LogP contribution is -2.47. The third-order valence-electron chi connectivity index (χ3n) is 3.92. The van der Waals surface area contributed by atoms with Crippen molar-refractivity contribution in [3.63, 3.8) is 0 Å². The molecule has 24 heavy (non-hydrogen) atoms. The average Bonchev–Trinajstić information content (AvgIpc) is 2.87. The van der Waals surface area contributed by atoms with E-state index in [-0.39, 0.29) is 12.8 Å². The molecule has 0 unspecified atom stereocenters. The second-order valence-electron chi connectivity index (χ2n) is 5.78. The summed E-state index contributed by atoms with van der Waals surface area (Å²) in [5, 5.41) is 12.2. The van der Waals surface area contributed by atoms with Gasteiger partial charge < -0.3 is 25.5 Å². The average molecular weight is 331 g/mol. The number of nitrogens with one attached hydrogen (secondary N) is 1. The van der Waals surface area contributed by atoms with Crippen molar-refractivity contribution in [1.29, 1.82) is 0 Å². The van der Waals surface area contributed by atoms with Crippen molar-refractivity contribution in [3.8, 4) is 0 Å². The molecule has 2 aromatic rings. The number of carbonyl (C=O) groups is 3. The van der Waals surface area contributed by atoms with Gasteiger partial charge in [-0.15, -0.1) is 0 Å². The Morgan fingerprint density at radius 1 is 1.38 bits per heavy atom. The first-order valence-corrected chi connectivity index (χ1v) is 7.68. The van der Waals surface area contributed by atoms with Crippen molar-refractivity contribution < 1.29 is 19.5 Å². The number of para-hydroxylation sites is 1. The van der Waals surface area contributed by atoms with Crippen LogP contribution in [0.15, 0.2) is 30.5 Å². The highest BCUT2D eigenvalue weighted by Crippen LogP contribution is 2.21. The SMILES string of the molecule is Cn1cc(C[C@H](N)C(=O)N[C@H](C=O)CCC(=O)O)c2ccccc21. The van der Waals surface area contributed by atoms with Crippen LogP contribution in [0, 0.1) is 0 Å². The maximum Gasteiger partial charge on any atom is 0.303 e. The van der Waals surface area contributed by atoms with E-state index < -0.39 is 24.0 Å². The van der Waals surface area contributed by atoms with Gasteiger partial charge in [0.25, 0.3) is 0 Å². The van der Waals surface area contributed by atoms with E-state index in [1.54, 1.807) is 0 Å². The van der Waals surface area contributed by atoms with Crippen LogP contribution in [0.25, 0.3) is 10.9 Å². The minimum Gasteiger partial charge on any atom is -0.481 e.